The second kappa shape index (κ2) is 4.52. The zero-order valence-corrected chi connectivity index (χ0v) is 11.5. The molecule has 2 heterocycles. The highest BCUT2D eigenvalue weighted by atomic mass is 35.5. The molecule has 1 aliphatic heterocycles. The van der Waals surface area contributed by atoms with Crippen LogP contribution in [0.2, 0.25) is 5.15 Å². The van der Waals surface area contributed by atoms with E-state index >= 15 is 0 Å². The second-order valence-corrected chi connectivity index (χ2v) is 7.30. The van der Waals surface area contributed by atoms with Gasteiger partial charge in [0.2, 0.25) is 0 Å². The van der Waals surface area contributed by atoms with Crippen molar-refractivity contribution in [1.82, 2.24) is 9.78 Å². The lowest BCUT2D eigenvalue weighted by molar-refractivity contribution is 0.110. The lowest BCUT2D eigenvalue weighted by atomic mass is 10.0. The summed E-state index contributed by atoms with van der Waals surface area (Å²) in [7, 11) is -3.24. The van der Waals surface area contributed by atoms with Crippen LogP contribution in [0.15, 0.2) is 0 Å². The summed E-state index contributed by atoms with van der Waals surface area (Å²) in [5, 5.41) is 3.39. The van der Waals surface area contributed by atoms with Crippen LogP contribution in [0.5, 0.6) is 0 Å². The largest absolute Gasteiger partial charge is 0.298 e. The van der Waals surface area contributed by atoms with Gasteiger partial charge >= 0.3 is 0 Å². The Hall–Kier alpha value is -1.02. The van der Waals surface area contributed by atoms with E-state index in [1.807, 2.05) is 0 Å². The summed E-state index contributed by atoms with van der Waals surface area (Å²) in [6.07, 6.45) is -2.52. The minimum atomic E-state index is -3.24. The van der Waals surface area contributed by atoms with Gasteiger partial charge in [-0.25, -0.2) is 21.9 Å². The highest BCUT2D eigenvalue weighted by Gasteiger charge is 2.43. The zero-order valence-electron chi connectivity index (χ0n) is 9.94. The first kappa shape index (κ1) is 14.4. The van der Waals surface area contributed by atoms with E-state index in [2.05, 4.69) is 5.10 Å². The Kier molecular flexibility index (Phi) is 3.42. The molecule has 2 rings (SSSR count). The van der Waals surface area contributed by atoms with Gasteiger partial charge < -0.3 is 0 Å². The number of hydrogen-bond acceptors (Lipinski definition) is 4. The van der Waals surface area contributed by atoms with Crippen molar-refractivity contribution in [3.8, 4) is 0 Å². The average Bonchev–Trinajstić information content (AvgIpc) is 2.77. The summed E-state index contributed by atoms with van der Waals surface area (Å²) >= 11 is 5.88. The summed E-state index contributed by atoms with van der Waals surface area (Å²) in [6, 6.07) is 0. The Bertz CT molecular complexity index is 629. The fourth-order valence-corrected chi connectivity index (χ4v) is 4.71. The number of alkyl halides is 2. The van der Waals surface area contributed by atoms with E-state index in [0.29, 0.717) is 0 Å². The highest BCUT2D eigenvalue weighted by molar-refractivity contribution is 7.91. The third kappa shape index (κ3) is 2.38. The molecule has 1 unspecified atom stereocenters. The van der Waals surface area contributed by atoms with E-state index in [4.69, 9.17) is 11.6 Å². The topological polar surface area (TPSA) is 69.0 Å². The number of carbonyl (C=O) groups excluding carboxylic acids is 1. The fraction of sp³-hybridized carbons (Fsp3) is 0.600. The van der Waals surface area contributed by atoms with Crippen LogP contribution < -0.4 is 0 Å². The predicted octanol–water partition coefficient (Wildman–Crippen LogP) is 1.82. The molecule has 0 aliphatic carbocycles. The quantitative estimate of drug-likeness (QED) is 0.798. The van der Waals surface area contributed by atoms with E-state index in [1.165, 1.54) is 0 Å². The molecule has 5 nitrogen and oxygen atoms in total. The minimum absolute atomic E-state index is 0.0554. The molecule has 0 amide bonds. The van der Waals surface area contributed by atoms with Crippen molar-refractivity contribution in [2.75, 3.05) is 11.5 Å². The predicted molar refractivity (Wildman–Crippen MR) is 64.5 cm³/mol. The van der Waals surface area contributed by atoms with Crippen LogP contribution in [0, 0.1) is 0 Å². The summed E-state index contributed by atoms with van der Waals surface area (Å²) in [4.78, 5) is 10.8. The molecule has 1 aromatic rings. The molecule has 0 radical (unpaired) electrons. The Morgan fingerprint density at radius 2 is 2.16 bits per heavy atom. The van der Waals surface area contributed by atoms with Gasteiger partial charge in [0.25, 0.3) is 6.43 Å². The molecule has 1 fully saturated rings. The molecule has 0 bridgehead atoms. The van der Waals surface area contributed by atoms with Gasteiger partial charge in [0.15, 0.2) is 16.1 Å². The maximum Gasteiger partial charge on any atom is 0.282 e. The summed E-state index contributed by atoms with van der Waals surface area (Å²) < 4.78 is 49.6. The number of sulfone groups is 1. The molecule has 0 spiro atoms. The monoisotopic (exact) mass is 312 g/mol. The number of nitrogens with zero attached hydrogens (tertiary/aromatic N) is 2. The number of hydrogen-bond donors (Lipinski definition) is 0. The van der Waals surface area contributed by atoms with Gasteiger partial charge in [-0.3, -0.25) is 4.79 Å². The van der Waals surface area contributed by atoms with Crippen LogP contribution in [0.3, 0.4) is 0 Å². The third-order valence-electron chi connectivity index (χ3n) is 3.21. The Morgan fingerprint density at radius 3 is 2.53 bits per heavy atom. The van der Waals surface area contributed by atoms with Gasteiger partial charge in [-0.05, 0) is 13.3 Å². The molecule has 1 atom stereocenters. The smallest absolute Gasteiger partial charge is 0.282 e. The van der Waals surface area contributed by atoms with Crippen molar-refractivity contribution in [1.29, 1.82) is 0 Å². The van der Waals surface area contributed by atoms with E-state index in [1.54, 1.807) is 6.92 Å². The van der Waals surface area contributed by atoms with Crippen molar-refractivity contribution in [3.63, 3.8) is 0 Å². The molecule has 0 aromatic carbocycles. The minimum Gasteiger partial charge on any atom is -0.298 e. The van der Waals surface area contributed by atoms with Gasteiger partial charge in [-0.1, -0.05) is 11.6 Å². The van der Waals surface area contributed by atoms with Crippen molar-refractivity contribution < 1.29 is 22.0 Å². The van der Waals surface area contributed by atoms with Gasteiger partial charge in [-0.2, -0.15) is 5.10 Å². The summed E-state index contributed by atoms with van der Waals surface area (Å²) in [6.45, 7) is 1.57. The third-order valence-corrected chi connectivity index (χ3v) is 5.46. The van der Waals surface area contributed by atoms with Crippen molar-refractivity contribution in [3.05, 3.63) is 16.4 Å². The number of carbonyl (C=O) groups is 1. The number of aldehydes is 1. The van der Waals surface area contributed by atoms with Crippen LogP contribution >= 0.6 is 11.6 Å². The van der Waals surface area contributed by atoms with Crippen LogP contribution in [-0.4, -0.2) is 36.0 Å². The maximum atomic E-state index is 12.8. The van der Waals surface area contributed by atoms with Gasteiger partial charge in [-0.15, -0.1) is 0 Å². The molecule has 9 heteroatoms. The first-order valence-electron chi connectivity index (χ1n) is 5.43. The van der Waals surface area contributed by atoms with Crippen LogP contribution in [-0.2, 0) is 15.4 Å². The van der Waals surface area contributed by atoms with E-state index in [0.717, 1.165) is 4.68 Å². The molecule has 1 aromatic heterocycles. The van der Waals surface area contributed by atoms with Crippen molar-refractivity contribution in [2.24, 2.45) is 0 Å². The average molecular weight is 313 g/mol. The normalized spacial score (nSPS) is 25.9. The fourth-order valence-electron chi connectivity index (χ4n) is 2.21. The van der Waals surface area contributed by atoms with Gasteiger partial charge in [0.1, 0.15) is 10.8 Å². The lowest BCUT2D eigenvalue weighted by Gasteiger charge is -2.23. The molecule has 0 N–H and O–H groups in total. The number of aromatic nitrogens is 2. The summed E-state index contributed by atoms with van der Waals surface area (Å²) in [5.74, 6) is -0.289. The van der Waals surface area contributed by atoms with E-state index in [9.17, 15) is 22.0 Å². The van der Waals surface area contributed by atoms with E-state index in [-0.39, 0.29) is 34.9 Å². The highest BCUT2D eigenvalue weighted by Crippen LogP contribution is 2.36. The molecule has 1 saturated heterocycles. The Balaban J connectivity index is 2.55. The molecule has 0 saturated carbocycles. The summed E-state index contributed by atoms with van der Waals surface area (Å²) in [5.41, 5.74) is -2.10. The zero-order chi connectivity index (χ0) is 14.4. The van der Waals surface area contributed by atoms with Crippen LogP contribution in [0.1, 0.15) is 35.8 Å². The second-order valence-electron chi connectivity index (χ2n) is 4.76. The lowest BCUT2D eigenvalue weighted by Crippen LogP contribution is -2.32. The Labute approximate surface area is 113 Å². The van der Waals surface area contributed by atoms with Gasteiger partial charge in [0.05, 0.1) is 22.6 Å². The Morgan fingerprint density at radius 1 is 1.53 bits per heavy atom. The van der Waals surface area contributed by atoms with E-state index < -0.39 is 27.5 Å². The number of halogens is 3. The first-order valence-corrected chi connectivity index (χ1v) is 7.63. The van der Waals surface area contributed by atoms with Crippen molar-refractivity contribution in [2.45, 2.75) is 25.3 Å². The SMILES string of the molecule is CC1(n2nc(C(F)F)c(C=O)c2Cl)CCS(=O)(=O)C1. The molecular weight excluding hydrogens is 302 g/mol. The molecule has 106 valence electrons. The molecule has 19 heavy (non-hydrogen) atoms. The van der Waals surface area contributed by atoms with Gasteiger partial charge in [0, 0.05) is 0 Å². The van der Waals surface area contributed by atoms with Crippen LogP contribution in [0.25, 0.3) is 0 Å². The standard InChI is InChI=1S/C10H11ClF2N2O3S/c1-10(2-3-19(17,18)5-10)15-8(11)6(4-16)7(14-15)9(12)13/h4,9H,2-3,5H2,1H3. The first-order chi connectivity index (χ1) is 8.70. The maximum absolute atomic E-state index is 12.8. The number of rotatable bonds is 3. The van der Waals surface area contributed by atoms with Crippen LogP contribution in [0.4, 0.5) is 8.78 Å². The molecule has 1 aliphatic rings. The molecular formula is C10H11ClF2N2O3S. The van der Waals surface area contributed by atoms with Crippen molar-refractivity contribution >= 4 is 27.7 Å².